The molecule has 1 rings (SSSR count). The topological polar surface area (TPSA) is 111 Å². The number of nitrogens with two attached hydrogens (primary N) is 2. The Balaban J connectivity index is 2.71. The fraction of sp³-hybridized carbons (Fsp3) is 0.364. The Hall–Kier alpha value is -2.15. The highest BCUT2D eigenvalue weighted by Crippen LogP contribution is 2.02. The van der Waals surface area contributed by atoms with Crippen molar-refractivity contribution in [2.75, 3.05) is 19.6 Å². The maximum Gasteiger partial charge on any atom is 0.231 e. The summed E-state index contributed by atoms with van der Waals surface area (Å²) in [6, 6.07) is 3.40. The van der Waals surface area contributed by atoms with Crippen molar-refractivity contribution in [3.8, 4) is 0 Å². The molecule has 0 atom stereocenters. The first-order chi connectivity index (χ1) is 8.40. The average Bonchev–Trinajstić information content (AvgIpc) is 2.61. The molecular weight excluding hydrogens is 236 g/mol. The van der Waals surface area contributed by atoms with Crippen molar-refractivity contribution >= 4 is 17.6 Å². The summed E-state index contributed by atoms with van der Waals surface area (Å²) < 4.78 is 1.66. The molecule has 0 radical (unpaired) electrons. The molecule has 0 aliphatic carbocycles. The molecule has 4 N–H and O–H groups in total. The van der Waals surface area contributed by atoms with E-state index >= 15 is 0 Å². The molecule has 2 amide bonds. The van der Waals surface area contributed by atoms with Gasteiger partial charge in [-0.15, -0.1) is 0 Å². The third kappa shape index (κ3) is 4.02. The van der Waals surface area contributed by atoms with Gasteiger partial charge in [0.05, 0.1) is 25.3 Å². The summed E-state index contributed by atoms with van der Waals surface area (Å²) in [4.78, 5) is 34.9. The summed E-state index contributed by atoms with van der Waals surface area (Å²) in [6.45, 7) is -0.443. The van der Waals surface area contributed by atoms with E-state index in [0.29, 0.717) is 5.69 Å². The molecule has 0 aliphatic heterocycles. The number of hydrogen-bond donors (Lipinski definition) is 2. The van der Waals surface area contributed by atoms with Gasteiger partial charge in [0, 0.05) is 13.2 Å². The second-order valence-corrected chi connectivity index (χ2v) is 4.01. The quantitative estimate of drug-likeness (QED) is 0.574. The van der Waals surface area contributed by atoms with Gasteiger partial charge in [0.1, 0.15) is 0 Å². The lowest BCUT2D eigenvalue weighted by Crippen LogP contribution is -2.42. The van der Waals surface area contributed by atoms with E-state index in [4.69, 9.17) is 11.5 Å². The highest BCUT2D eigenvalue weighted by atomic mass is 16.2. The second-order valence-electron chi connectivity index (χ2n) is 4.01. The van der Waals surface area contributed by atoms with Crippen LogP contribution < -0.4 is 11.5 Å². The number of aromatic nitrogens is 1. The Bertz CT molecular complexity index is 451. The third-order valence-corrected chi connectivity index (χ3v) is 2.36. The normalized spacial score (nSPS) is 10.6. The number of carbonyl (C=O) groups excluding carboxylic acids is 3. The second kappa shape index (κ2) is 5.97. The van der Waals surface area contributed by atoms with Gasteiger partial charge in [0.15, 0.2) is 5.78 Å². The third-order valence-electron chi connectivity index (χ3n) is 2.36. The van der Waals surface area contributed by atoms with Gasteiger partial charge in [-0.05, 0) is 12.1 Å². The molecule has 1 aromatic rings. The molecule has 7 heteroatoms. The molecule has 0 unspecified atom stereocenters. The highest BCUT2D eigenvalue weighted by molar-refractivity contribution is 5.96. The van der Waals surface area contributed by atoms with E-state index in [2.05, 4.69) is 0 Å². The van der Waals surface area contributed by atoms with Gasteiger partial charge in [0.2, 0.25) is 11.8 Å². The summed E-state index contributed by atoms with van der Waals surface area (Å²) in [5.74, 6) is -1.43. The lowest BCUT2D eigenvalue weighted by Gasteiger charge is -2.17. The van der Waals surface area contributed by atoms with E-state index < -0.39 is 11.8 Å². The van der Waals surface area contributed by atoms with Crippen molar-refractivity contribution in [1.82, 2.24) is 9.47 Å². The predicted molar refractivity (Wildman–Crippen MR) is 64.6 cm³/mol. The van der Waals surface area contributed by atoms with Crippen LogP contribution in [0, 0.1) is 0 Å². The van der Waals surface area contributed by atoms with Crippen molar-refractivity contribution in [2.24, 2.45) is 18.5 Å². The fourth-order valence-electron chi connectivity index (χ4n) is 1.64. The Labute approximate surface area is 104 Å². The van der Waals surface area contributed by atoms with E-state index in [9.17, 15) is 14.4 Å². The SMILES string of the molecule is Cn1cccc1C(=O)CN(CC(N)=O)CC(N)=O. The van der Waals surface area contributed by atoms with Crippen LogP contribution in [-0.2, 0) is 16.6 Å². The van der Waals surface area contributed by atoms with Crippen LogP contribution in [0.1, 0.15) is 10.5 Å². The molecule has 18 heavy (non-hydrogen) atoms. The van der Waals surface area contributed by atoms with Crippen molar-refractivity contribution in [3.05, 3.63) is 24.0 Å². The van der Waals surface area contributed by atoms with Crippen LogP contribution in [0.4, 0.5) is 0 Å². The molecule has 98 valence electrons. The number of rotatable bonds is 7. The molecule has 0 saturated heterocycles. The first-order valence-corrected chi connectivity index (χ1v) is 5.33. The summed E-state index contributed by atoms with van der Waals surface area (Å²) in [5, 5.41) is 0. The van der Waals surface area contributed by atoms with E-state index in [0.717, 1.165) is 0 Å². The molecule has 1 heterocycles. The summed E-state index contributed by atoms with van der Waals surface area (Å²) in [5.41, 5.74) is 10.6. The number of hydrogen-bond acceptors (Lipinski definition) is 4. The van der Waals surface area contributed by atoms with Gasteiger partial charge >= 0.3 is 0 Å². The lowest BCUT2D eigenvalue weighted by atomic mass is 10.2. The Morgan fingerprint density at radius 2 is 1.72 bits per heavy atom. The van der Waals surface area contributed by atoms with Crippen LogP contribution >= 0.6 is 0 Å². The summed E-state index contributed by atoms with van der Waals surface area (Å²) in [6.07, 6.45) is 1.74. The van der Waals surface area contributed by atoms with Crippen LogP contribution in [0.2, 0.25) is 0 Å². The fourth-order valence-corrected chi connectivity index (χ4v) is 1.64. The number of carbonyl (C=O) groups is 3. The van der Waals surface area contributed by atoms with Crippen LogP contribution in [0.15, 0.2) is 18.3 Å². The van der Waals surface area contributed by atoms with E-state index in [1.54, 1.807) is 29.9 Å². The number of primary amides is 2. The predicted octanol–water partition coefficient (Wildman–Crippen LogP) is -1.52. The Morgan fingerprint density at radius 3 is 2.11 bits per heavy atom. The minimum atomic E-state index is -0.615. The standard InChI is InChI=1S/C11H16N4O3/c1-14-4-2-3-8(14)9(16)5-15(6-10(12)17)7-11(13)18/h2-4H,5-7H2,1H3,(H2,12,17)(H2,13,18). The molecule has 0 aromatic carbocycles. The van der Waals surface area contributed by atoms with Crippen LogP contribution in [0.5, 0.6) is 0 Å². The maximum absolute atomic E-state index is 11.9. The zero-order valence-electron chi connectivity index (χ0n) is 10.1. The first-order valence-electron chi connectivity index (χ1n) is 5.33. The summed E-state index contributed by atoms with van der Waals surface area (Å²) >= 11 is 0. The minimum absolute atomic E-state index is 0.0796. The van der Waals surface area contributed by atoms with E-state index in [-0.39, 0.29) is 25.4 Å². The highest BCUT2D eigenvalue weighted by Gasteiger charge is 2.17. The van der Waals surface area contributed by atoms with Crippen molar-refractivity contribution in [2.45, 2.75) is 0 Å². The number of aryl methyl sites for hydroxylation is 1. The maximum atomic E-state index is 11.9. The zero-order chi connectivity index (χ0) is 13.7. The van der Waals surface area contributed by atoms with Gasteiger partial charge in [-0.1, -0.05) is 0 Å². The molecule has 0 bridgehead atoms. The van der Waals surface area contributed by atoms with Gasteiger partial charge in [-0.25, -0.2) is 0 Å². The molecule has 7 nitrogen and oxygen atoms in total. The van der Waals surface area contributed by atoms with Crippen molar-refractivity contribution < 1.29 is 14.4 Å². The average molecular weight is 252 g/mol. The zero-order valence-corrected chi connectivity index (χ0v) is 10.1. The van der Waals surface area contributed by atoms with Crippen molar-refractivity contribution in [3.63, 3.8) is 0 Å². The van der Waals surface area contributed by atoms with Crippen LogP contribution in [0.3, 0.4) is 0 Å². The largest absolute Gasteiger partial charge is 0.369 e. The monoisotopic (exact) mass is 252 g/mol. The Morgan fingerprint density at radius 1 is 1.17 bits per heavy atom. The van der Waals surface area contributed by atoms with E-state index in [1.807, 2.05) is 0 Å². The minimum Gasteiger partial charge on any atom is -0.369 e. The lowest BCUT2D eigenvalue weighted by molar-refractivity contribution is -0.121. The van der Waals surface area contributed by atoms with Crippen LogP contribution in [-0.4, -0.2) is 46.7 Å². The Kier molecular flexibility index (Phi) is 4.61. The molecule has 0 aliphatic rings. The van der Waals surface area contributed by atoms with E-state index in [1.165, 1.54) is 4.90 Å². The molecule has 1 aromatic heterocycles. The number of Topliss-reactive ketones (excluding diaryl/α,β-unsaturated/α-hetero) is 1. The first kappa shape index (κ1) is 13.9. The number of amides is 2. The molecule has 0 saturated carbocycles. The van der Waals surface area contributed by atoms with Gasteiger partial charge in [-0.3, -0.25) is 19.3 Å². The summed E-state index contributed by atoms with van der Waals surface area (Å²) in [7, 11) is 1.74. The van der Waals surface area contributed by atoms with Crippen LogP contribution in [0.25, 0.3) is 0 Å². The molecule has 0 spiro atoms. The van der Waals surface area contributed by atoms with Gasteiger partial charge in [-0.2, -0.15) is 0 Å². The number of ketones is 1. The number of nitrogens with zero attached hydrogens (tertiary/aromatic N) is 2. The van der Waals surface area contributed by atoms with Gasteiger partial charge < -0.3 is 16.0 Å². The van der Waals surface area contributed by atoms with Gasteiger partial charge in [0.25, 0.3) is 0 Å². The smallest absolute Gasteiger partial charge is 0.231 e. The molecule has 0 fully saturated rings. The van der Waals surface area contributed by atoms with Crippen molar-refractivity contribution in [1.29, 1.82) is 0 Å². The molecular formula is C11H16N4O3.